The highest BCUT2D eigenvalue weighted by atomic mass is 35.5. The maximum absolute atomic E-state index is 11.6. The highest BCUT2D eigenvalue weighted by Crippen LogP contribution is 2.25. The molecule has 0 atom stereocenters. The summed E-state index contributed by atoms with van der Waals surface area (Å²) in [5, 5.41) is 1.82. The number of nitrogens with zero attached hydrogens (tertiary/aromatic N) is 1. The van der Waals surface area contributed by atoms with E-state index < -0.39 is 9.84 Å². The zero-order valence-corrected chi connectivity index (χ0v) is 13.8. The number of hydrogen-bond acceptors (Lipinski definition) is 3. The van der Waals surface area contributed by atoms with Crippen LogP contribution in [-0.2, 0) is 22.8 Å². The predicted octanol–water partition coefficient (Wildman–Crippen LogP) is 2.62. The van der Waals surface area contributed by atoms with Crippen molar-refractivity contribution in [3.05, 3.63) is 35.0 Å². The fourth-order valence-corrected chi connectivity index (χ4v) is 3.50. The van der Waals surface area contributed by atoms with E-state index in [1.165, 1.54) is 5.56 Å². The van der Waals surface area contributed by atoms with E-state index in [9.17, 15) is 8.42 Å². The average molecular weight is 329 g/mol. The Morgan fingerprint density at radius 1 is 1.33 bits per heavy atom. The van der Waals surface area contributed by atoms with Crippen LogP contribution in [-0.4, -0.2) is 31.0 Å². The number of hydrogen-bond donors (Lipinski definition) is 1. The van der Waals surface area contributed by atoms with Crippen molar-refractivity contribution in [1.82, 2.24) is 4.57 Å². The minimum absolute atomic E-state index is 0.198. The molecule has 2 N–H and O–H groups in total. The Balaban J connectivity index is 2.24. The Hall–Kier alpha value is -1.04. The van der Waals surface area contributed by atoms with Crippen molar-refractivity contribution in [1.29, 1.82) is 0 Å². The number of halogens is 1. The Bertz CT molecular complexity index is 723. The highest BCUT2D eigenvalue weighted by molar-refractivity contribution is 7.91. The maximum Gasteiger partial charge on any atom is 0.150 e. The van der Waals surface area contributed by atoms with Gasteiger partial charge in [-0.1, -0.05) is 24.6 Å². The van der Waals surface area contributed by atoms with Gasteiger partial charge in [0.25, 0.3) is 0 Å². The van der Waals surface area contributed by atoms with Gasteiger partial charge in [-0.05, 0) is 37.1 Å². The van der Waals surface area contributed by atoms with Gasteiger partial charge in [0.15, 0.2) is 0 Å². The fourth-order valence-electron chi connectivity index (χ4n) is 2.48. The van der Waals surface area contributed by atoms with Crippen molar-refractivity contribution >= 4 is 32.3 Å². The topological polar surface area (TPSA) is 65.1 Å². The molecule has 6 heteroatoms. The van der Waals surface area contributed by atoms with Gasteiger partial charge in [0.1, 0.15) is 9.84 Å². The summed E-state index contributed by atoms with van der Waals surface area (Å²) in [4.78, 5) is 0. The van der Waals surface area contributed by atoms with E-state index in [0.29, 0.717) is 24.5 Å². The van der Waals surface area contributed by atoms with E-state index >= 15 is 0 Å². The average Bonchev–Trinajstić information content (AvgIpc) is 2.77. The van der Waals surface area contributed by atoms with Crippen LogP contribution in [0.5, 0.6) is 0 Å². The third-order valence-electron chi connectivity index (χ3n) is 3.63. The molecular formula is C15H21ClN2O2S. The van der Waals surface area contributed by atoms with Crippen molar-refractivity contribution < 1.29 is 8.42 Å². The Kier molecular flexibility index (Phi) is 5.30. The highest BCUT2D eigenvalue weighted by Gasteiger charge is 2.11. The van der Waals surface area contributed by atoms with Crippen LogP contribution in [0.1, 0.15) is 18.9 Å². The largest absolute Gasteiger partial charge is 0.347 e. The summed E-state index contributed by atoms with van der Waals surface area (Å²) < 4.78 is 25.2. The van der Waals surface area contributed by atoms with Crippen LogP contribution in [0.2, 0.25) is 5.02 Å². The summed E-state index contributed by atoms with van der Waals surface area (Å²) in [5.74, 6) is 0.416. The lowest BCUT2D eigenvalue weighted by molar-refractivity contribution is 0.589. The molecule has 0 saturated heterocycles. The fraction of sp³-hybridized carbons (Fsp3) is 0.467. The first-order valence-corrected chi connectivity index (χ1v) is 9.34. The summed E-state index contributed by atoms with van der Waals surface area (Å²) in [7, 11) is -2.91. The molecule has 0 radical (unpaired) electrons. The van der Waals surface area contributed by atoms with Gasteiger partial charge in [0.05, 0.1) is 5.75 Å². The van der Waals surface area contributed by atoms with E-state index in [0.717, 1.165) is 17.3 Å². The standard InChI is InChI=1S/C15H21ClN2O2S/c1-2-21(19,20)9-3-8-18-11-12(6-7-17)14-5-4-13(16)10-15(14)18/h4-5,10-11H,2-3,6-9,17H2,1H3. The van der Waals surface area contributed by atoms with Gasteiger partial charge in [0.2, 0.25) is 0 Å². The molecule has 4 nitrogen and oxygen atoms in total. The number of sulfone groups is 1. The van der Waals surface area contributed by atoms with Gasteiger partial charge in [-0.3, -0.25) is 0 Å². The van der Waals surface area contributed by atoms with E-state index in [1.54, 1.807) is 6.92 Å². The molecule has 0 unspecified atom stereocenters. The number of rotatable bonds is 7. The van der Waals surface area contributed by atoms with Crippen molar-refractivity contribution in [3.8, 4) is 0 Å². The summed E-state index contributed by atoms with van der Waals surface area (Å²) in [6.45, 7) is 2.94. The van der Waals surface area contributed by atoms with Gasteiger partial charge in [-0.2, -0.15) is 0 Å². The molecule has 0 spiro atoms. The third-order valence-corrected chi connectivity index (χ3v) is 5.66. The van der Waals surface area contributed by atoms with Crippen molar-refractivity contribution in [2.45, 2.75) is 26.3 Å². The lowest BCUT2D eigenvalue weighted by Crippen LogP contribution is -2.11. The molecule has 0 amide bonds. The molecule has 1 aromatic heterocycles. The minimum Gasteiger partial charge on any atom is -0.347 e. The van der Waals surface area contributed by atoms with Gasteiger partial charge < -0.3 is 10.3 Å². The van der Waals surface area contributed by atoms with Gasteiger partial charge >= 0.3 is 0 Å². The molecule has 0 aliphatic rings. The molecule has 2 rings (SSSR count). The summed E-state index contributed by atoms with van der Waals surface area (Å²) in [6, 6.07) is 5.79. The zero-order chi connectivity index (χ0) is 15.5. The second kappa shape index (κ2) is 6.81. The summed E-state index contributed by atoms with van der Waals surface area (Å²) in [5.41, 5.74) is 7.88. The number of aromatic nitrogens is 1. The first-order chi connectivity index (χ1) is 9.96. The minimum atomic E-state index is -2.91. The Morgan fingerprint density at radius 3 is 2.76 bits per heavy atom. The molecule has 0 fully saturated rings. The Morgan fingerprint density at radius 2 is 2.10 bits per heavy atom. The SMILES string of the molecule is CCS(=O)(=O)CCCn1cc(CCN)c2ccc(Cl)cc21. The van der Waals surface area contributed by atoms with Crippen LogP contribution in [0.3, 0.4) is 0 Å². The first-order valence-electron chi connectivity index (χ1n) is 7.14. The second-order valence-electron chi connectivity index (χ2n) is 5.14. The third kappa shape index (κ3) is 3.99. The van der Waals surface area contributed by atoms with Crippen LogP contribution in [0, 0.1) is 0 Å². The lowest BCUT2D eigenvalue weighted by atomic mass is 10.1. The van der Waals surface area contributed by atoms with Gasteiger partial charge in [0, 0.05) is 34.4 Å². The van der Waals surface area contributed by atoms with E-state index in [2.05, 4.69) is 10.8 Å². The Labute approximate surface area is 130 Å². The quantitative estimate of drug-likeness (QED) is 0.849. The molecule has 116 valence electrons. The number of fused-ring (bicyclic) bond motifs is 1. The molecule has 21 heavy (non-hydrogen) atoms. The monoisotopic (exact) mass is 328 g/mol. The van der Waals surface area contributed by atoms with Crippen molar-refractivity contribution in [2.24, 2.45) is 5.73 Å². The second-order valence-corrected chi connectivity index (χ2v) is 8.05. The first kappa shape index (κ1) is 16.3. The lowest BCUT2D eigenvalue weighted by Gasteiger charge is -2.05. The molecule has 0 aliphatic carbocycles. The predicted molar refractivity (Wildman–Crippen MR) is 88.7 cm³/mol. The van der Waals surface area contributed by atoms with E-state index in [-0.39, 0.29) is 11.5 Å². The molecule has 1 aromatic carbocycles. The molecular weight excluding hydrogens is 308 g/mol. The van der Waals surface area contributed by atoms with Crippen LogP contribution in [0.15, 0.2) is 24.4 Å². The van der Waals surface area contributed by atoms with Crippen molar-refractivity contribution in [3.63, 3.8) is 0 Å². The summed E-state index contributed by atoms with van der Waals surface area (Å²) >= 11 is 6.07. The summed E-state index contributed by atoms with van der Waals surface area (Å²) in [6.07, 6.45) is 3.47. The molecule has 1 heterocycles. The smallest absolute Gasteiger partial charge is 0.150 e. The van der Waals surface area contributed by atoms with Crippen LogP contribution in [0.25, 0.3) is 10.9 Å². The molecule has 0 saturated carbocycles. The molecule has 0 bridgehead atoms. The molecule has 0 aliphatic heterocycles. The normalized spacial score (nSPS) is 12.1. The van der Waals surface area contributed by atoms with Crippen molar-refractivity contribution in [2.75, 3.05) is 18.1 Å². The van der Waals surface area contributed by atoms with Gasteiger partial charge in [-0.15, -0.1) is 0 Å². The number of benzene rings is 1. The van der Waals surface area contributed by atoms with Gasteiger partial charge in [-0.25, -0.2) is 8.42 Å². The maximum atomic E-state index is 11.6. The number of nitrogens with two attached hydrogens (primary N) is 1. The van der Waals surface area contributed by atoms with Crippen LogP contribution < -0.4 is 5.73 Å². The van der Waals surface area contributed by atoms with E-state index in [1.807, 2.05) is 18.2 Å². The van der Waals surface area contributed by atoms with Crippen LogP contribution >= 0.6 is 11.6 Å². The number of aryl methyl sites for hydroxylation is 1. The molecule has 2 aromatic rings. The zero-order valence-electron chi connectivity index (χ0n) is 12.2. The van der Waals surface area contributed by atoms with Crippen LogP contribution in [0.4, 0.5) is 0 Å². The van der Waals surface area contributed by atoms with E-state index in [4.69, 9.17) is 17.3 Å².